The SMILES string of the molecule is CC(=O)OCC1[C@H]2CCC#CCC[C@@H]12. The van der Waals surface area contributed by atoms with Crippen molar-refractivity contribution < 1.29 is 9.53 Å². The van der Waals surface area contributed by atoms with Crippen molar-refractivity contribution in [2.45, 2.75) is 32.6 Å². The van der Waals surface area contributed by atoms with Crippen LogP contribution in [-0.4, -0.2) is 12.6 Å². The Morgan fingerprint density at radius 3 is 2.36 bits per heavy atom. The lowest BCUT2D eigenvalue weighted by atomic mass is 10.1. The summed E-state index contributed by atoms with van der Waals surface area (Å²) in [5, 5.41) is 0. The first kappa shape index (κ1) is 9.58. The van der Waals surface area contributed by atoms with Crippen molar-refractivity contribution in [3.8, 4) is 11.8 Å². The molecule has 2 rings (SSSR count). The molecule has 0 aromatic heterocycles. The zero-order chi connectivity index (χ0) is 9.97. The summed E-state index contributed by atoms with van der Waals surface area (Å²) in [5.41, 5.74) is 0. The summed E-state index contributed by atoms with van der Waals surface area (Å²) < 4.78 is 5.06. The second-order valence-corrected chi connectivity index (χ2v) is 4.23. The van der Waals surface area contributed by atoms with Gasteiger partial charge in [0.1, 0.15) is 0 Å². The van der Waals surface area contributed by atoms with Gasteiger partial charge in [0.15, 0.2) is 0 Å². The molecule has 0 N–H and O–H groups in total. The second kappa shape index (κ2) is 4.04. The van der Waals surface area contributed by atoms with E-state index >= 15 is 0 Å². The van der Waals surface area contributed by atoms with E-state index in [1.54, 1.807) is 0 Å². The van der Waals surface area contributed by atoms with Gasteiger partial charge in [-0.2, -0.15) is 0 Å². The van der Waals surface area contributed by atoms with Crippen LogP contribution in [0.15, 0.2) is 0 Å². The van der Waals surface area contributed by atoms with Gasteiger partial charge in [-0.05, 0) is 30.6 Å². The van der Waals surface area contributed by atoms with Crippen LogP contribution in [0.25, 0.3) is 0 Å². The van der Waals surface area contributed by atoms with Crippen LogP contribution in [0.2, 0.25) is 0 Å². The van der Waals surface area contributed by atoms with Crippen molar-refractivity contribution >= 4 is 5.97 Å². The smallest absolute Gasteiger partial charge is 0.302 e. The number of carbonyl (C=O) groups excluding carboxylic acids is 1. The maximum Gasteiger partial charge on any atom is 0.302 e. The van der Waals surface area contributed by atoms with Crippen LogP contribution in [0, 0.1) is 29.6 Å². The molecule has 0 aliphatic heterocycles. The molecule has 0 bridgehead atoms. The summed E-state index contributed by atoms with van der Waals surface area (Å²) in [5.74, 6) is 8.38. The minimum Gasteiger partial charge on any atom is -0.466 e. The Kier molecular flexibility index (Phi) is 2.77. The number of carbonyl (C=O) groups is 1. The standard InChI is InChI=1S/C12H16O2/c1-9(13)14-8-12-10-6-4-2-3-5-7-11(10)12/h10-12H,4-8H2,1H3/t10-,11+,12?. The normalized spacial score (nSPS) is 34.2. The molecule has 2 nitrogen and oxygen atoms in total. The van der Waals surface area contributed by atoms with Crippen LogP contribution < -0.4 is 0 Å². The van der Waals surface area contributed by atoms with Crippen LogP contribution in [0.4, 0.5) is 0 Å². The van der Waals surface area contributed by atoms with Gasteiger partial charge in [-0.15, -0.1) is 11.8 Å². The molecule has 14 heavy (non-hydrogen) atoms. The van der Waals surface area contributed by atoms with E-state index in [0.717, 1.165) is 24.7 Å². The molecule has 0 amide bonds. The van der Waals surface area contributed by atoms with E-state index in [4.69, 9.17) is 4.74 Å². The predicted octanol–water partition coefficient (Wildman–Crippen LogP) is 1.99. The minimum atomic E-state index is -0.152. The Morgan fingerprint density at radius 2 is 1.86 bits per heavy atom. The average molecular weight is 192 g/mol. The molecule has 76 valence electrons. The van der Waals surface area contributed by atoms with Crippen LogP contribution in [0.5, 0.6) is 0 Å². The fraction of sp³-hybridized carbons (Fsp3) is 0.750. The highest BCUT2D eigenvalue weighted by atomic mass is 16.5. The third-order valence-electron chi connectivity index (χ3n) is 3.32. The summed E-state index contributed by atoms with van der Waals surface area (Å²) in [6, 6.07) is 0. The van der Waals surface area contributed by atoms with E-state index in [9.17, 15) is 4.79 Å². The Balaban J connectivity index is 1.79. The van der Waals surface area contributed by atoms with E-state index in [0.29, 0.717) is 12.5 Å². The average Bonchev–Trinajstić information content (AvgIpc) is 2.72. The fourth-order valence-corrected chi connectivity index (χ4v) is 2.50. The summed E-state index contributed by atoms with van der Waals surface area (Å²) in [6.45, 7) is 2.11. The molecule has 0 saturated heterocycles. The molecule has 1 fully saturated rings. The first-order valence-corrected chi connectivity index (χ1v) is 5.38. The lowest BCUT2D eigenvalue weighted by Gasteiger charge is -1.99. The predicted molar refractivity (Wildman–Crippen MR) is 53.3 cm³/mol. The van der Waals surface area contributed by atoms with Crippen LogP contribution in [-0.2, 0) is 9.53 Å². The van der Waals surface area contributed by atoms with Crippen LogP contribution in [0.3, 0.4) is 0 Å². The van der Waals surface area contributed by atoms with Gasteiger partial charge >= 0.3 is 5.97 Å². The largest absolute Gasteiger partial charge is 0.466 e. The Hall–Kier alpha value is -0.970. The first-order chi connectivity index (χ1) is 6.79. The first-order valence-electron chi connectivity index (χ1n) is 5.38. The zero-order valence-corrected chi connectivity index (χ0v) is 8.58. The van der Waals surface area contributed by atoms with Crippen molar-refractivity contribution in [2.75, 3.05) is 6.61 Å². The lowest BCUT2D eigenvalue weighted by molar-refractivity contribution is -0.141. The van der Waals surface area contributed by atoms with Gasteiger partial charge in [0.05, 0.1) is 6.61 Å². The van der Waals surface area contributed by atoms with E-state index < -0.39 is 0 Å². The number of hydrogen-bond acceptors (Lipinski definition) is 2. The Bertz CT molecular complexity index is 266. The third kappa shape index (κ3) is 2.09. The maximum atomic E-state index is 10.7. The Labute approximate surface area is 85.0 Å². The van der Waals surface area contributed by atoms with Crippen molar-refractivity contribution in [1.29, 1.82) is 0 Å². The van der Waals surface area contributed by atoms with Crippen molar-refractivity contribution in [2.24, 2.45) is 17.8 Å². The zero-order valence-electron chi connectivity index (χ0n) is 8.58. The Morgan fingerprint density at radius 1 is 1.29 bits per heavy atom. The fourth-order valence-electron chi connectivity index (χ4n) is 2.50. The van der Waals surface area contributed by atoms with Crippen LogP contribution in [0.1, 0.15) is 32.6 Å². The van der Waals surface area contributed by atoms with E-state index in [1.165, 1.54) is 19.8 Å². The van der Waals surface area contributed by atoms with Gasteiger partial charge in [0.25, 0.3) is 0 Å². The molecule has 0 radical (unpaired) electrons. The molecule has 1 unspecified atom stereocenters. The molecule has 2 heteroatoms. The van der Waals surface area contributed by atoms with Crippen molar-refractivity contribution in [3.63, 3.8) is 0 Å². The second-order valence-electron chi connectivity index (χ2n) is 4.23. The quantitative estimate of drug-likeness (QED) is 0.494. The van der Waals surface area contributed by atoms with Gasteiger partial charge in [0, 0.05) is 19.8 Å². The van der Waals surface area contributed by atoms with E-state index in [-0.39, 0.29) is 5.97 Å². The van der Waals surface area contributed by atoms with E-state index in [1.807, 2.05) is 0 Å². The van der Waals surface area contributed by atoms with Gasteiger partial charge < -0.3 is 4.74 Å². The number of ether oxygens (including phenoxy) is 1. The highest BCUT2D eigenvalue weighted by Gasteiger charge is 2.49. The molecular weight excluding hydrogens is 176 g/mol. The number of fused-ring (bicyclic) bond motifs is 1. The molecule has 2 aliphatic carbocycles. The van der Waals surface area contributed by atoms with Crippen LogP contribution >= 0.6 is 0 Å². The third-order valence-corrected chi connectivity index (χ3v) is 3.32. The van der Waals surface area contributed by atoms with Gasteiger partial charge in [-0.1, -0.05) is 0 Å². The number of rotatable bonds is 2. The monoisotopic (exact) mass is 192 g/mol. The highest BCUT2D eigenvalue weighted by Crippen LogP contribution is 2.52. The minimum absolute atomic E-state index is 0.152. The molecule has 0 spiro atoms. The molecule has 1 saturated carbocycles. The molecule has 0 aromatic rings. The summed E-state index contributed by atoms with van der Waals surface area (Å²) in [6.07, 6.45) is 4.45. The molecule has 2 aliphatic rings. The summed E-state index contributed by atoms with van der Waals surface area (Å²) >= 11 is 0. The van der Waals surface area contributed by atoms with E-state index in [2.05, 4.69) is 11.8 Å². The number of hydrogen-bond donors (Lipinski definition) is 0. The van der Waals surface area contributed by atoms with Gasteiger partial charge in [-0.3, -0.25) is 4.79 Å². The molecule has 0 aromatic carbocycles. The topological polar surface area (TPSA) is 26.3 Å². The lowest BCUT2D eigenvalue weighted by Crippen LogP contribution is -2.03. The van der Waals surface area contributed by atoms with Crippen molar-refractivity contribution in [1.82, 2.24) is 0 Å². The summed E-state index contributed by atoms with van der Waals surface area (Å²) in [4.78, 5) is 10.7. The molecular formula is C12H16O2. The molecule has 0 heterocycles. The van der Waals surface area contributed by atoms with Gasteiger partial charge in [-0.25, -0.2) is 0 Å². The molecule has 3 atom stereocenters. The van der Waals surface area contributed by atoms with Gasteiger partial charge in [0.2, 0.25) is 0 Å². The van der Waals surface area contributed by atoms with Crippen molar-refractivity contribution in [3.05, 3.63) is 0 Å². The summed E-state index contributed by atoms with van der Waals surface area (Å²) in [7, 11) is 0. The maximum absolute atomic E-state index is 10.7. The highest BCUT2D eigenvalue weighted by molar-refractivity contribution is 5.65. The number of esters is 1.